The van der Waals surface area contributed by atoms with E-state index >= 15 is 0 Å². The summed E-state index contributed by atoms with van der Waals surface area (Å²) in [6.45, 7) is 1.52. The molecule has 1 rings (SSSR count). The minimum Gasteiger partial charge on any atom is -0.370 e. The number of ketones is 1. The maximum atomic E-state index is 13.3. The van der Waals surface area contributed by atoms with Crippen molar-refractivity contribution in [3.05, 3.63) is 34.9 Å². The fourth-order valence-electron chi connectivity index (χ4n) is 1.33. The summed E-state index contributed by atoms with van der Waals surface area (Å²) in [5, 5.41) is 0. The monoisotopic (exact) mass is 227 g/mol. The topological polar surface area (TPSA) is 60.2 Å². The molecular weight excluding hydrogens is 216 g/mol. The average Bonchev–Trinajstić information content (AvgIpc) is 2.12. The molecule has 1 aromatic rings. The molecule has 0 aliphatic carbocycles. The number of carbonyl (C=O) groups is 2. The van der Waals surface area contributed by atoms with E-state index < -0.39 is 28.9 Å². The van der Waals surface area contributed by atoms with Crippen molar-refractivity contribution >= 4 is 11.7 Å². The van der Waals surface area contributed by atoms with Gasteiger partial charge in [-0.15, -0.1) is 0 Å². The van der Waals surface area contributed by atoms with Crippen LogP contribution in [0.2, 0.25) is 0 Å². The van der Waals surface area contributed by atoms with E-state index in [4.69, 9.17) is 5.73 Å². The second-order valence-electron chi connectivity index (χ2n) is 3.49. The Labute approximate surface area is 91.3 Å². The van der Waals surface area contributed by atoms with Crippen LogP contribution in [0.5, 0.6) is 0 Å². The minimum atomic E-state index is -0.910. The Morgan fingerprint density at radius 3 is 2.12 bits per heavy atom. The average molecular weight is 227 g/mol. The van der Waals surface area contributed by atoms with Crippen molar-refractivity contribution in [2.24, 2.45) is 5.73 Å². The molecule has 0 heterocycles. The predicted molar refractivity (Wildman–Crippen MR) is 53.9 cm³/mol. The number of primary amides is 1. The Hall–Kier alpha value is -1.78. The van der Waals surface area contributed by atoms with Crippen LogP contribution >= 0.6 is 0 Å². The summed E-state index contributed by atoms with van der Waals surface area (Å²) in [6, 6.07) is 2.14. The molecule has 86 valence electrons. The summed E-state index contributed by atoms with van der Waals surface area (Å²) in [5.74, 6) is -3.26. The number of nitrogens with two attached hydrogens (primary N) is 1. The van der Waals surface area contributed by atoms with Crippen molar-refractivity contribution in [3.63, 3.8) is 0 Å². The van der Waals surface area contributed by atoms with E-state index in [-0.39, 0.29) is 12.8 Å². The zero-order chi connectivity index (χ0) is 12.3. The van der Waals surface area contributed by atoms with Gasteiger partial charge in [-0.25, -0.2) is 8.78 Å². The van der Waals surface area contributed by atoms with Gasteiger partial charge in [-0.2, -0.15) is 0 Å². The van der Waals surface area contributed by atoms with E-state index in [0.29, 0.717) is 5.56 Å². The van der Waals surface area contributed by atoms with Crippen LogP contribution in [0.1, 0.15) is 28.8 Å². The number of carbonyl (C=O) groups excluding carboxylic acids is 2. The molecule has 5 heteroatoms. The Bertz CT molecular complexity index is 421. The van der Waals surface area contributed by atoms with E-state index in [1.165, 1.54) is 6.92 Å². The van der Waals surface area contributed by atoms with Gasteiger partial charge in [-0.3, -0.25) is 9.59 Å². The van der Waals surface area contributed by atoms with Crippen LogP contribution in [0.25, 0.3) is 0 Å². The molecule has 1 amide bonds. The normalized spacial score (nSPS) is 10.2. The van der Waals surface area contributed by atoms with Crippen molar-refractivity contribution in [1.29, 1.82) is 0 Å². The predicted octanol–water partition coefficient (Wildman–Crippen LogP) is 1.72. The lowest BCUT2D eigenvalue weighted by Gasteiger charge is -2.04. The highest BCUT2D eigenvalue weighted by atomic mass is 19.1. The first-order valence-electron chi connectivity index (χ1n) is 4.69. The number of hydrogen-bond donors (Lipinski definition) is 1. The van der Waals surface area contributed by atoms with Gasteiger partial charge in [0.2, 0.25) is 5.91 Å². The van der Waals surface area contributed by atoms with Gasteiger partial charge in [-0.1, -0.05) is 0 Å². The highest BCUT2D eigenvalue weighted by Gasteiger charge is 2.18. The third-order valence-electron chi connectivity index (χ3n) is 2.06. The molecule has 0 saturated carbocycles. The molecule has 0 atom stereocenters. The summed E-state index contributed by atoms with van der Waals surface area (Å²) < 4.78 is 26.6. The summed E-state index contributed by atoms with van der Waals surface area (Å²) in [6.07, 6.45) is -0.502. The Kier molecular flexibility index (Phi) is 3.71. The summed E-state index contributed by atoms with van der Waals surface area (Å²) in [7, 11) is 0. The second kappa shape index (κ2) is 4.83. The van der Waals surface area contributed by atoms with Crippen molar-refractivity contribution < 1.29 is 18.4 Å². The highest BCUT2D eigenvalue weighted by molar-refractivity contribution is 5.98. The fraction of sp³-hybridized carbons (Fsp3) is 0.273. The largest absolute Gasteiger partial charge is 0.370 e. The maximum absolute atomic E-state index is 13.3. The zero-order valence-corrected chi connectivity index (χ0v) is 8.72. The van der Waals surface area contributed by atoms with Crippen molar-refractivity contribution in [3.8, 4) is 0 Å². The van der Waals surface area contributed by atoms with Crippen molar-refractivity contribution in [1.82, 2.24) is 0 Å². The molecule has 0 aromatic heterocycles. The highest BCUT2D eigenvalue weighted by Crippen LogP contribution is 2.17. The Balaban J connectivity index is 2.95. The van der Waals surface area contributed by atoms with Gasteiger partial charge in [0.15, 0.2) is 5.78 Å². The number of halogens is 2. The molecule has 0 aliphatic heterocycles. The lowest BCUT2D eigenvalue weighted by Crippen LogP contribution is -2.14. The molecule has 0 radical (unpaired) electrons. The summed E-state index contributed by atoms with van der Waals surface area (Å²) in [5.41, 5.74) is 4.63. The van der Waals surface area contributed by atoms with Gasteiger partial charge in [0.1, 0.15) is 11.6 Å². The Morgan fingerprint density at radius 1 is 1.19 bits per heavy atom. The van der Waals surface area contributed by atoms with Gasteiger partial charge < -0.3 is 5.73 Å². The van der Waals surface area contributed by atoms with Gasteiger partial charge in [0.05, 0.1) is 5.56 Å². The molecule has 2 N–H and O–H groups in total. The second-order valence-corrected chi connectivity index (χ2v) is 3.49. The number of benzene rings is 1. The first-order chi connectivity index (χ1) is 7.41. The van der Waals surface area contributed by atoms with E-state index in [0.717, 1.165) is 12.1 Å². The fourth-order valence-corrected chi connectivity index (χ4v) is 1.33. The van der Waals surface area contributed by atoms with E-state index in [1.54, 1.807) is 0 Å². The molecule has 1 aromatic carbocycles. The molecule has 0 unspecified atom stereocenters. The number of hydrogen-bond acceptors (Lipinski definition) is 2. The molecule has 0 saturated heterocycles. The molecular formula is C11H11F2NO2. The summed E-state index contributed by atoms with van der Waals surface area (Å²) in [4.78, 5) is 21.9. The standard InChI is InChI=1S/C11H11F2NO2/c1-6-4-7(12)11(8(13)5-6)9(15)2-3-10(14)16/h4-5H,2-3H2,1H3,(H2,14,16). The van der Waals surface area contributed by atoms with Crippen LogP contribution in [0, 0.1) is 18.6 Å². The van der Waals surface area contributed by atoms with Gasteiger partial charge >= 0.3 is 0 Å². The van der Waals surface area contributed by atoms with E-state index in [1.807, 2.05) is 0 Å². The van der Waals surface area contributed by atoms with E-state index in [2.05, 4.69) is 0 Å². The number of Topliss-reactive ketones (excluding diaryl/α,β-unsaturated/α-hetero) is 1. The quantitative estimate of drug-likeness (QED) is 0.796. The van der Waals surface area contributed by atoms with E-state index in [9.17, 15) is 18.4 Å². The smallest absolute Gasteiger partial charge is 0.217 e. The van der Waals surface area contributed by atoms with Crippen LogP contribution in [0.15, 0.2) is 12.1 Å². The first-order valence-corrected chi connectivity index (χ1v) is 4.69. The van der Waals surface area contributed by atoms with Gasteiger partial charge in [-0.05, 0) is 24.6 Å². The third-order valence-corrected chi connectivity index (χ3v) is 2.06. The SMILES string of the molecule is Cc1cc(F)c(C(=O)CCC(N)=O)c(F)c1. The molecule has 0 bridgehead atoms. The molecule has 3 nitrogen and oxygen atoms in total. The number of rotatable bonds is 4. The third kappa shape index (κ3) is 2.85. The van der Waals surface area contributed by atoms with Gasteiger partial charge in [0, 0.05) is 12.8 Å². The van der Waals surface area contributed by atoms with Crippen LogP contribution < -0.4 is 5.73 Å². The zero-order valence-electron chi connectivity index (χ0n) is 8.72. The first kappa shape index (κ1) is 12.3. The number of amides is 1. The molecule has 16 heavy (non-hydrogen) atoms. The summed E-state index contributed by atoms with van der Waals surface area (Å²) >= 11 is 0. The van der Waals surface area contributed by atoms with Crippen LogP contribution in [-0.2, 0) is 4.79 Å². The molecule has 0 spiro atoms. The minimum absolute atomic E-state index is 0.217. The molecule has 0 fully saturated rings. The van der Waals surface area contributed by atoms with Crippen molar-refractivity contribution in [2.75, 3.05) is 0 Å². The van der Waals surface area contributed by atoms with Gasteiger partial charge in [0.25, 0.3) is 0 Å². The van der Waals surface area contributed by atoms with Crippen LogP contribution in [0.3, 0.4) is 0 Å². The van der Waals surface area contributed by atoms with Crippen LogP contribution in [0.4, 0.5) is 8.78 Å². The Morgan fingerprint density at radius 2 is 1.69 bits per heavy atom. The van der Waals surface area contributed by atoms with Crippen LogP contribution in [-0.4, -0.2) is 11.7 Å². The lowest BCUT2D eigenvalue weighted by atomic mass is 10.0. The van der Waals surface area contributed by atoms with Crippen molar-refractivity contribution in [2.45, 2.75) is 19.8 Å². The lowest BCUT2D eigenvalue weighted by molar-refractivity contribution is -0.118. The number of aryl methyl sites for hydroxylation is 1. The molecule has 0 aliphatic rings. The maximum Gasteiger partial charge on any atom is 0.217 e.